The monoisotopic (exact) mass is 340 g/mol. The molecule has 1 saturated heterocycles. The molecule has 1 aromatic carbocycles. The zero-order valence-corrected chi connectivity index (χ0v) is 14.5. The van der Waals surface area contributed by atoms with Crippen LogP contribution in [0.2, 0.25) is 0 Å². The number of sulfonamides is 1. The van der Waals surface area contributed by atoms with Gasteiger partial charge in [0.1, 0.15) is 5.75 Å². The van der Waals surface area contributed by atoms with Crippen molar-refractivity contribution in [3.05, 3.63) is 24.3 Å². The Kier molecular flexibility index (Phi) is 6.01. The Hall–Kier alpha value is -1.60. The number of ether oxygens (including phenoxy) is 1. The number of benzene rings is 1. The van der Waals surface area contributed by atoms with Crippen molar-refractivity contribution in [1.82, 2.24) is 9.21 Å². The highest BCUT2D eigenvalue weighted by atomic mass is 32.2. The van der Waals surface area contributed by atoms with E-state index in [2.05, 4.69) is 0 Å². The number of nitrogens with zero attached hydrogens (tertiary/aromatic N) is 2. The molecule has 0 saturated carbocycles. The van der Waals surface area contributed by atoms with E-state index >= 15 is 0 Å². The van der Waals surface area contributed by atoms with E-state index in [0.717, 1.165) is 36.7 Å². The number of amides is 1. The summed E-state index contributed by atoms with van der Waals surface area (Å²) in [7, 11) is -2.24. The lowest BCUT2D eigenvalue weighted by atomic mass is 10.1. The van der Waals surface area contributed by atoms with Crippen LogP contribution in [0.15, 0.2) is 29.2 Å². The van der Waals surface area contributed by atoms with Crippen molar-refractivity contribution in [2.75, 3.05) is 33.3 Å². The van der Waals surface area contributed by atoms with Gasteiger partial charge in [-0.25, -0.2) is 8.42 Å². The van der Waals surface area contributed by atoms with E-state index in [0.29, 0.717) is 12.4 Å². The van der Waals surface area contributed by atoms with Gasteiger partial charge in [-0.15, -0.1) is 0 Å². The Balaban J connectivity index is 2.04. The summed E-state index contributed by atoms with van der Waals surface area (Å²) in [6, 6.07) is 6.25. The molecule has 2 rings (SSSR count). The Bertz CT molecular complexity index is 622. The molecule has 1 aliphatic heterocycles. The van der Waals surface area contributed by atoms with E-state index in [4.69, 9.17) is 4.74 Å². The van der Waals surface area contributed by atoms with Crippen molar-refractivity contribution in [1.29, 1.82) is 0 Å². The van der Waals surface area contributed by atoms with Crippen LogP contribution in [0, 0.1) is 0 Å². The van der Waals surface area contributed by atoms with E-state index in [1.807, 2.05) is 6.92 Å². The maximum atomic E-state index is 12.5. The standard InChI is InChI=1S/C16H24N2O4S/c1-3-22-14-7-9-15(10-8-14)23(20,21)17(2)13-16(19)18-11-5-4-6-12-18/h7-10H,3-6,11-13H2,1-2H3. The van der Waals surface area contributed by atoms with Crippen LogP contribution in [-0.4, -0.2) is 56.8 Å². The lowest BCUT2D eigenvalue weighted by Gasteiger charge is -2.28. The fourth-order valence-corrected chi connectivity index (χ4v) is 3.69. The van der Waals surface area contributed by atoms with Crippen LogP contribution in [0.3, 0.4) is 0 Å². The van der Waals surface area contributed by atoms with E-state index in [9.17, 15) is 13.2 Å². The Morgan fingerprint density at radius 3 is 2.35 bits per heavy atom. The molecule has 1 amide bonds. The number of likely N-dealkylation sites (N-methyl/N-ethyl adjacent to an activating group) is 1. The normalized spacial score (nSPS) is 15.7. The summed E-state index contributed by atoms with van der Waals surface area (Å²) in [6.45, 7) is 3.70. The fraction of sp³-hybridized carbons (Fsp3) is 0.562. The molecule has 0 unspecified atom stereocenters. The second kappa shape index (κ2) is 7.79. The zero-order chi connectivity index (χ0) is 16.9. The Morgan fingerprint density at radius 2 is 1.78 bits per heavy atom. The van der Waals surface area contributed by atoms with Gasteiger partial charge >= 0.3 is 0 Å². The minimum absolute atomic E-state index is 0.129. The molecule has 1 fully saturated rings. The van der Waals surface area contributed by atoms with Gasteiger partial charge in [-0.3, -0.25) is 4.79 Å². The van der Waals surface area contributed by atoms with Crippen LogP contribution in [-0.2, 0) is 14.8 Å². The number of hydrogen-bond donors (Lipinski definition) is 0. The fourth-order valence-electron chi connectivity index (χ4n) is 2.57. The van der Waals surface area contributed by atoms with Crippen LogP contribution in [0.4, 0.5) is 0 Å². The highest BCUT2D eigenvalue weighted by Gasteiger charge is 2.25. The molecule has 0 aliphatic carbocycles. The van der Waals surface area contributed by atoms with Gasteiger partial charge in [0.15, 0.2) is 0 Å². The quantitative estimate of drug-likeness (QED) is 0.791. The van der Waals surface area contributed by atoms with Crippen LogP contribution < -0.4 is 4.74 Å². The molecular weight excluding hydrogens is 316 g/mol. The van der Waals surface area contributed by atoms with Gasteiger partial charge in [0.2, 0.25) is 15.9 Å². The van der Waals surface area contributed by atoms with E-state index < -0.39 is 10.0 Å². The summed E-state index contributed by atoms with van der Waals surface area (Å²) in [6.07, 6.45) is 3.10. The van der Waals surface area contributed by atoms with Gasteiger partial charge in [-0.1, -0.05) is 0 Å². The molecule has 0 bridgehead atoms. The summed E-state index contributed by atoms with van der Waals surface area (Å²) < 4.78 is 31.5. The molecule has 0 spiro atoms. The molecule has 0 aromatic heterocycles. The summed E-state index contributed by atoms with van der Waals surface area (Å²) in [4.78, 5) is 14.1. The number of likely N-dealkylation sites (tertiary alicyclic amines) is 1. The maximum absolute atomic E-state index is 12.5. The molecule has 6 nitrogen and oxygen atoms in total. The van der Waals surface area contributed by atoms with Crippen LogP contribution in [0.5, 0.6) is 5.75 Å². The summed E-state index contributed by atoms with van der Waals surface area (Å²) in [5, 5.41) is 0. The number of rotatable bonds is 6. The Morgan fingerprint density at radius 1 is 1.17 bits per heavy atom. The van der Waals surface area contributed by atoms with Crippen molar-refractivity contribution in [3.8, 4) is 5.75 Å². The lowest BCUT2D eigenvalue weighted by Crippen LogP contribution is -2.43. The first-order valence-electron chi connectivity index (χ1n) is 7.92. The molecule has 1 aliphatic rings. The van der Waals surface area contributed by atoms with Crippen LogP contribution >= 0.6 is 0 Å². The van der Waals surface area contributed by atoms with Crippen LogP contribution in [0.25, 0.3) is 0 Å². The summed E-state index contributed by atoms with van der Waals surface area (Å²) in [5.41, 5.74) is 0. The number of carbonyl (C=O) groups is 1. The van der Waals surface area contributed by atoms with Gasteiger partial charge < -0.3 is 9.64 Å². The molecule has 0 atom stereocenters. The zero-order valence-electron chi connectivity index (χ0n) is 13.7. The Labute approximate surface area is 138 Å². The maximum Gasteiger partial charge on any atom is 0.243 e. The molecule has 0 N–H and O–H groups in total. The summed E-state index contributed by atoms with van der Waals surface area (Å²) >= 11 is 0. The highest BCUT2D eigenvalue weighted by Crippen LogP contribution is 2.19. The first kappa shape index (κ1) is 17.7. The lowest BCUT2D eigenvalue weighted by molar-refractivity contribution is -0.132. The van der Waals surface area contributed by atoms with Gasteiger partial charge in [0.05, 0.1) is 18.0 Å². The molecule has 128 valence electrons. The van der Waals surface area contributed by atoms with Crippen molar-refractivity contribution in [3.63, 3.8) is 0 Å². The SMILES string of the molecule is CCOc1ccc(S(=O)(=O)N(C)CC(=O)N2CCCCC2)cc1. The number of hydrogen-bond acceptors (Lipinski definition) is 4. The predicted molar refractivity (Wildman–Crippen MR) is 87.9 cm³/mol. The largest absolute Gasteiger partial charge is 0.494 e. The molecule has 0 radical (unpaired) electrons. The smallest absolute Gasteiger partial charge is 0.243 e. The molecule has 1 aromatic rings. The first-order chi connectivity index (χ1) is 10.9. The van der Waals surface area contributed by atoms with Gasteiger partial charge in [-0.2, -0.15) is 4.31 Å². The molecule has 23 heavy (non-hydrogen) atoms. The molecule has 7 heteroatoms. The average molecular weight is 340 g/mol. The second-order valence-corrected chi connectivity index (χ2v) is 7.65. The minimum Gasteiger partial charge on any atom is -0.494 e. The van der Waals surface area contributed by atoms with Crippen molar-refractivity contribution in [2.45, 2.75) is 31.1 Å². The number of carbonyl (C=O) groups excluding carboxylic acids is 1. The third-order valence-corrected chi connectivity index (χ3v) is 5.73. The second-order valence-electron chi connectivity index (χ2n) is 5.61. The van der Waals surface area contributed by atoms with E-state index in [-0.39, 0.29) is 17.3 Å². The van der Waals surface area contributed by atoms with Gasteiger partial charge in [0.25, 0.3) is 0 Å². The molecule has 1 heterocycles. The first-order valence-corrected chi connectivity index (χ1v) is 9.36. The van der Waals surface area contributed by atoms with Crippen molar-refractivity contribution < 1.29 is 17.9 Å². The van der Waals surface area contributed by atoms with E-state index in [1.165, 1.54) is 19.2 Å². The van der Waals surface area contributed by atoms with Crippen LogP contribution in [0.1, 0.15) is 26.2 Å². The van der Waals surface area contributed by atoms with E-state index in [1.54, 1.807) is 17.0 Å². The summed E-state index contributed by atoms with van der Waals surface area (Å²) in [5.74, 6) is 0.486. The van der Waals surface area contributed by atoms with Gasteiger partial charge in [-0.05, 0) is 50.5 Å². The van der Waals surface area contributed by atoms with Crippen molar-refractivity contribution >= 4 is 15.9 Å². The van der Waals surface area contributed by atoms with Crippen molar-refractivity contribution in [2.24, 2.45) is 0 Å². The third-order valence-electron chi connectivity index (χ3n) is 3.91. The molecular formula is C16H24N2O4S. The topological polar surface area (TPSA) is 66.9 Å². The highest BCUT2D eigenvalue weighted by molar-refractivity contribution is 7.89. The third kappa shape index (κ3) is 4.45. The number of piperidine rings is 1. The van der Waals surface area contributed by atoms with Gasteiger partial charge in [0, 0.05) is 20.1 Å². The predicted octanol–water partition coefficient (Wildman–Crippen LogP) is 1.72. The minimum atomic E-state index is -3.67. The average Bonchev–Trinajstić information content (AvgIpc) is 2.56.